The van der Waals surface area contributed by atoms with Crippen molar-refractivity contribution in [1.82, 2.24) is 5.32 Å². The first-order chi connectivity index (χ1) is 14.5. The van der Waals surface area contributed by atoms with E-state index in [2.05, 4.69) is 12.2 Å². The highest BCUT2D eigenvalue weighted by Gasteiger charge is 2.32. The molecule has 2 N–H and O–H groups in total. The van der Waals surface area contributed by atoms with Crippen LogP contribution < -0.4 is 5.32 Å². The molecule has 0 saturated carbocycles. The van der Waals surface area contributed by atoms with E-state index >= 15 is 0 Å². The maximum atomic E-state index is 13.3. The third kappa shape index (κ3) is 5.30. The zero-order chi connectivity index (χ0) is 22.8. The molecular formula is C23H23F6NO. The van der Waals surface area contributed by atoms with Crippen molar-refractivity contribution in [3.63, 3.8) is 0 Å². The molecule has 0 spiro atoms. The summed E-state index contributed by atoms with van der Waals surface area (Å²) in [5, 5.41) is 14.6. The third-order valence-corrected chi connectivity index (χ3v) is 5.30. The van der Waals surface area contributed by atoms with Gasteiger partial charge < -0.3 is 10.4 Å². The zero-order valence-corrected chi connectivity index (χ0v) is 16.9. The minimum atomic E-state index is -4.64. The molecule has 3 rings (SSSR count). The van der Waals surface area contributed by atoms with Gasteiger partial charge in [0, 0.05) is 0 Å². The number of alkyl halides is 6. The van der Waals surface area contributed by atoms with E-state index in [1.54, 1.807) is 6.07 Å². The fourth-order valence-electron chi connectivity index (χ4n) is 3.63. The Morgan fingerprint density at radius 3 is 2.03 bits per heavy atom. The molecule has 0 unspecified atom stereocenters. The van der Waals surface area contributed by atoms with Crippen LogP contribution in [0.15, 0.2) is 42.5 Å². The Labute approximate surface area is 175 Å². The molecule has 3 aromatic rings. The summed E-state index contributed by atoms with van der Waals surface area (Å²) >= 11 is 0. The number of aliphatic hydroxyl groups excluding tert-OH is 1. The van der Waals surface area contributed by atoms with E-state index in [1.165, 1.54) is 12.1 Å². The van der Waals surface area contributed by atoms with E-state index in [-0.39, 0.29) is 10.8 Å². The first-order valence-electron chi connectivity index (χ1n) is 10.1. The zero-order valence-electron chi connectivity index (χ0n) is 16.9. The van der Waals surface area contributed by atoms with Crippen LogP contribution in [0.25, 0.3) is 21.5 Å². The molecule has 0 aliphatic heterocycles. The summed E-state index contributed by atoms with van der Waals surface area (Å²) in [6, 6.07) is 7.51. The summed E-state index contributed by atoms with van der Waals surface area (Å²) in [5.74, 6) is 0. The van der Waals surface area contributed by atoms with Crippen LogP contribution in [0.4, 0.5) is 26.3 Å². The highest BCUT2D eigenvalue weighted by atomic mass is 19.4. The Morgan fingerprint density at radius 2 is 1.42 bits per heavy atom. The van der Waals surface area contributed by atoms with Crippen molar-refractivity contribution in [2.45, 2.75) is 44.6 Å². The van der Waals surface area contributed by atoms with Crippen LogP contribution in [-0.4, -0.2) is 18.2 Å². The molecule has 1 atom stereocenters. The third-order valence-electron chi connectivity index (χ3n) is 5.30. The standard InChI is InChI=1S/C23H23F6NO/c1-2-3-9-30-10-8-21(31)20-11-14-4-5-15(22(24,25)26)12-18(14)19-13-16(23(27,28)29)6-7-17(19)20/h4-7,11-13,21,30-31H,2-3,8-10H2,1H3/t21-/m0/s1. The number of hydrogen-bond acceptors (Lipinski definition) is 2. The van der Waals surface area contributed by atoms with Crippen molar-refractivity contribution in [2.24, 2.45) is 0 Å². The van der Waals surface area contributed by atoms with E-state index < -0.39 is 29.6 Å². The Balaban J connectivity index is 2.12. The van der Waals surface area contributed by atoms with Gasteiger partial charge in [0.2, 0.25) is 0 Å². The number of unbranched alkanes of at least 4 members (excludes halogenated alkanes) is 1. The average molecular weight is 443 g/mol. The molecule has 0 saturated heterocycles. The summed E-state index contributed by atoms with van der Waals surface area (Å²) in [6.07, 6.45) is -7.90. The molecule has 0 heterocycles. The van der Waals surface area contributed by atoms with Crippen molar-refractivity contribution in [2.75, 3.05) is 13.1 Å². The summed E-state index contributed by atoms with van der Waals surface area (Å²) in [7, 11) is 0. The second-order valence-corrected chi connectivity index (χ2v) is 7.57. The SMILES string of the molecule is CCCCNCC[C@H](O)c1cc2ccc(C(F)(F)F)cc2c2cc(C(F)(F)F)ccc12. The highest BCUT2D eigenvalue weighted by molar-refractivity contribution is 6.09. The molecule has 8 heteroatoms. The molecule has 168 valence electrons. The van der Waals surface area contributed by atoms with Crippen molar-refractivity contribution in [1.29, 1.82) is 0 Å². The van der Waals surface area contributed by atoms with Gasteiger partial charge in [-0.1, -0.05) is 25.5 Å². The Morgan fingerprint density at radius 1 is 0.806 bits per heavy atom. The predicted octanol–water partition coefficient (Wildman–Crippen LogP) is 6.84. The van der Waals surface area contributed by atoms with E-state index in [1.807, 2.05) is 0 Å². The molecular weight excluding hydrogens is 420 g/mol. The number of hydrogen-bond donors (Lipinski definition) is 2. The molecule has 0 aliphatic carbocycles. The van der Waals surface area contributed by atoms with Gasteiger partial charge in [-0.2, -0.15) is 26.3 Å². The number of rotatable bonds is 7. The maximum Gasteiger partial charge on any atom is 0.416 e. The van der Waals surface area contributed by atoms with Gasteiger partial charge in [-0.05, 0) is 83.4 Å². The lowest BCUT2D eigenvalue weighted by atomic mass is 9.91. The Bertz CT molecular complexity index is 1060. The molecule has 0 bridgehead atoms. The first-order valence-corrected chi connectivity index (χ1v) is 10.1. The molecule has 0 radical (unpaired) electrons. The first kappa shape index (κ1) is 23.3. The Kier molecular flexibility index (Phi) is 6.81. The van der Waals surface area contributed by atoms with Crippen LogP contribution in [-0.2, 0) is 12.4 Å². The molecule has 3 aromatic carbocycles. The highest BCUT2D eigenvalue weighted by Crippen LogP contribution is 2.39. The smallest absolute Gasteiger partial charge is 0.388 e. The molecule has 2 nitrogen and oxygen atoms in total. The van der Waals surface area contributed by atoms with E-state index in [0.717, 1.165) is 43.7 Å². The lowest BCUT2D eigenvalue weighted by Gasteiger charge is -2.18. The molecule has 0 fully saturated rings. The lowest BCUT2D eigenvalue weighted by Crippen LogP contribution is -2.18. The van der Waals surface area contributed by atoms with Gasteiger partial charge in [-0.25, -0.2) is 0 Å². The number of aliphatic hydroxyl groups is 1. The van der Waals surface area contributed by atoms with Crippen molar-refractivity contribution in [3.05, 3.63) is 59.2 Å². The van der Waals surface area contributed by atoms with E-state index in [9.17, 15) is 31.4 Å². The molecule has 0 aromatic heterocycles. The van der Waals surface area contributed by atoms with Gasteiger partial charge in [0.25, 0.3) is 0 Å². The fourth-order valence-corrected chi connectivity index (χ4v) is 3.63. The summed E-state index contributed by atoms with van der Waals surface area (Å²) < 4.78 is 79.4. The molecule has 0 amide bonds. The minimum absolute atomic E-state index is 0.0337. The van der Waals surface area contributed by atoms with Gasteiger partial charge in [0.15, 0.2) is 0 Å². The van der Waals surface area contributed by atoms with Crippen molar-refractivity contribution < 1.29 is 31.4 Å². The van der Waals surface area contributed by atoms with Gasteiger partial charge >= 0.3 is 12.4 Å². The van der Waals surface area contributed by atoms with Gasteiger partial charge in [-0.3, -0.25) is 0 Å². The maximum absolute atomic E-state index is 13.3. The van der Waals surface area contributed by atoms with Crippen molar-refractivity contribution in [3.8, 4) is 0 Å². The monoisotopic (exact) mass is 443 g/mol. The van der Waals surface area contributed by atoms with Crippen LogP contribution in [0.3, 0.4) is 0 Å². The summed E-state index contributed by atoms with van der Waals surface area (Å²) in [6.45, 7) is 3.35. The molecule has 31 heavy (non-hydrogen) atoms. The topological polar surface area (TPSA) is 32.3 Å². The van der Waals surface area contributed by atoms with Gasteiger partial charge in [0.05, 0.1) is 17.2 Å². The predicted molar refractivity (Wildman–Crippen MR) is 109 cm³/mol. The largest absolute Gasteiger partial charge is 0.416 e. The molecule has 0 aliphatic rings. The van der Waals surface area contributed by atoms with Crippen molar-refractivity contribution >= 4 is 21.5 Å². The van der Waals surface area contributed by atoms with Crippen LogP contribution in [0, 0.1) is 0 Å². The van der Waals surface area contributed by atoms with Gasteiger partial charge in [-0.15, -0.1) is 0 Å². The van der Waals surface area contributed by atoms with Crippen LogP contribution in [0.2, 0.25) is 0 Å². The normalized spacial score (nSPS) is 13.8. The van der Waals surface area contributed by atoms with E-state index in [0.29, 0.717) is 29.3 Å². The van der Waals surface area contributed by atoms with Crippen LogP contribution in [0.5, 0.6) is 0 Å². The lowest BCUT2D eigenvalue weighted by molar-refractivity contribution is -0.138. The second-order valence-electron chi connectivity index (χ2n) is 7.57. The number of benzene rings is 3. The number of halogens is 6. The average Bonchev–Trinajstić information content (AvgIpc) is 2.70. The van der Waals surface area contributed by atoms with Crippen LogP contribution in [0.1, 0.15) is 49.0 Å². The summed E-state index contributed by atoms with van der Waals surface area (Å²) in [5.41, 5.74) is -1.49. The number of fused-ring (bicyclic) bond motifs is 3. The van der Waals surface area contributed by atoms with Crippen LogP contribution >= 0.6 is 0 Å². The minimum Gasteiger partial charge on any atom is -0.388 e. The Hall–Kier alpha value is -2.32. The quantitative estimate of drug-likeness (QED) is 0.238. The second kappa shape index (κ2) is 9.04. The summed E-state index contributed by atoms with van der Waals surface area (Å²) in [4.78, 5) is 0. The van der Waals surface area contributed by atoms with Gasteiger partial charge in [0.1, 0.15) is 0 Å². The number of nitrogens with one attached hydrogen (secondary N) is 1. The fraction of sp³-hybridized carbons (Fsp3) is 0.391. The van der Waals surface area contributed by atoms with E-state index in [4.69, 9.17) is 0 Å².